The number of rotatable bonds is 7. The van der Waals surface area contributed by atoms with E-state index in [2.05, 4.69) is 20.6 Å². The van der Waals surface area contributed by atoms with Crippen molar-refractivity contribution >= 4 is 34.7 Å². The lowest BCUT2D eigenvalue weighted by atomic mass is 10.2. The van der Waals surface area contributed by atoms with Crippen molar-refractivity contribution in [2.24, 2.45) is 5.10 Å². The van der Waals surface area contributed by atoms with Crippen LogP contribution in [0.2, 0.25) is 0 Å². The molecule has 1 amide bonds. The third-order valence-electron chi connectivity index (χ3n) is 4.55. The van der Waals surface area contributed by atoms with E-state index in [0.717, 1.165) is 16.5 Å². The van der Waals surface area contributed by atoms with Crippen molar-refractivity contribution in [1.29, 1.82) is 0 Å². The number of aromatic nitrogens is 4. The van der Waals surface area contributed by atoms with Gasteiger partial charge in [-0.1, -0.05) is 18.2 Å². The summed E-state index contributed by atoms with van der Waals surface area (Å²) in [6.45, 7) is 2.19. The molecule has 9 nitrogen and oxygen atoms in total. The van der Waals surface area contributed by atoms with Gasteiger partial charge in [-0.25, -0.2) is 9.47 Å². The maximum absolute atomic E-state index is 12.6. The highest BCUT2D eigenvalue weighted by Crippen LogP contribution is 2.20. The summed E-state index contributed by atoms with van der Waals surface area (Å²) in [4.78, 5) is 24.4. The van der Waals surface area contributed by atoms with Gasteiger partial charge in [0.05, 0.1) is 18.4 Å². The van der Waals surface area contributed by atoms with Gasteiger partial charge in [-0.2, -0.15) is 5.10 Å². The van der Waals surface area contributed by atoms with Crippen molar-refractivity contribution in [3.63, 3.8) is 0 Å². The molecule has 0 aliphatic heterocycles. The van der Waals surface area contributed by atoms with E-state index >= 15 is 0 Å². The average Bonchev–Trinajstić information content (AvgIpc) is 3.41. The summed E-state index contributed by atoms with van der Waals surface area (Å²) in [7, 11) is 0. The number of carbonyl (C=O) groups is 2. The van der Waals surface area contributed by atoms with Gasteiger partial charge in [0.2, 0.25) is 5.91 Å². The monoisotopic (exact) mass is 416 g/mol. The van der Waals surface area contributed by atoms with Crippen LogP contribution < -0.4 is 5.32 Å². The maximum Gasteiger partial charge on any atom is 0.338 e. The largest absolute Gasteiger partial charge is 0.462 e. The SMILES string of the molecule is CCOC(=O)c1ccc(NC(=O)Cn2cc(/C=N/n3cnnc3)c3ccccc32)cc1. The zero-order valence-corrected chi connectivity index (χ0v) is 16.8. The number of hydrogen-bond acceptors (Lipinski definition) is 6. The van der Waals surface area contributed by atoms with Crippen molar-refractivity contribution in [2.75, 3.05) is 11.9 Å². The van der Waals surface area contributed by atoms with Gasteiger partial charge in [-0.3, -0.25) is 4.79 Å². The Balaban J connectivity index is 1.49. The van der Waals surface area contributed by atoms with E-state index in [0.29, 0.717) is 17.9 Å². The van der Waals surface area contributed by atoms with Crippen LogP contribution in [0.5, 0.6) is 0 Å². The first-order valence-electron chi connectivity index (χ1n) is 9.68. The predicted octanol–water partition coefficient (Wildman–Crippen LogP) is 2.93. The Morgan fingerprint density at radius 3 is 2.58 bits per heavy atom. The van der Waals surface area contributed by atoms with Gasteiger partial charge in [0.1, 0.15) is 19.2 Å². The first-order chi connectivity index (χ1) is 15.1. The molecule has 31 heavy (non-hydrogen) atoms. The lowest BCUT2D eigenvalue weighted by Gasteiger charge is -2.08. The Hall–Kier alpha value is -4.27. The van der Waals surface area contributed by atoms with Gasteiger partial charge in [0.25, 0.3) is 0 Å². The Labute approximate surface area is 178 Å². The van der Waals surface area contributed by atoms with Crippen LogP contribution >= 0.6 is 0 Å². The molecule has 0 aliphatic carbocycles. The topological polar surface area (TPSA) is 103 Å². The molecule has 0 saturated carbocycles. The molecule has 4 aromatic rings. The molecule has 2 aromatic heterocycles. The maximum atomic E-state index is 12.6. The van der Waals surface area contributed by atoms with Crippen molar-refractivity contribution in [2.45, 2.75) is 13.5 Å². The smallest absolute Gasteiger partial charge is 0.338 e. The number of amides is 1. The fourth-order valence-electron chi connectivity index (χ4n) is 3.15. The van der Waals surface area contributed by atoms with E-state index in [4.69, 9.17) is 4.74 Å². The summed E-state index contributed by atoms with van der Waals surface area (Å²) in [5.41, 5.74) is 2.83. The molecule has 9 heteroatoms. The highest BCUT2D eigenvalue weighted by molar-refractivity contribution is 6.00. The quantitative estimate of drug-likeness (QED) is 0.369. The first-order valence-corrected chi connectivity index (χ1v) is 9.68. The van der Waals surface area contributed by atoms with Gasteiger partial charge in [-0.15, -0.1) is 10.2 Å². The number of anilines is 1. The zero-order valence-electron chi connectivity index (χ0n) is 16.8. The minimum Gasteiger partial charge on any atom is -0.462 e. The minimum atomic E-state index is -0.389. The lowest BCUT2D eigenvalue weighted by Crippen LogP contribution is -2.18. The molecule has 0 spiro atoms. The van der Waals surface area contributed by atoms with Crippen LogP contribution in [0.3, 0.4) is 0 Å². The first kappa shape index (κ1) is 20.0. The van der Waals surface area contributed by atoms with Crippen molar-refractivity contribution in [1.82, 2.24) is 19.4 Å². The Kier molecular flexibility index (Phi) is 5.84. The van der Waals surface area contributed by atoms with Crippen molar-refractivity contribution in [3.05, 3.63) is 78.5 Å². The van der Waals surface area contributed by atoms with E-state index in [-0.39, 0.29) is 18.4 Å². The lowest BCUT2D eigenvalue weighted by molar-refractivity contribution is -0.116. The van der Waals surface area contributed by atoms with E-state index in [1.807, 2.05) is 35.0 Å². The second-order valence-corrected chi connectivity index (χ2v) is 6.66. The van der Waals surface area contributed by atoms with E-state index in [9.17, 15) is 9.59 Å². The highest BCUT2D eigenvalue weighted by atomic mass is 16.5. The fourth-order valence-corrected chi connectivity index (χ4v) is 3.15. The van der Waals surface area contributed by atoms with Crippen LogP contribution in [0.25, 0.3) is 10.9 Å². The summed E-state index contributed by atoms with van der Waals surface area (Å²) in [5.74, 6) is -0.577. The number of nitrogens with zero attached hydrogens (tertiary/aromatic N) is 5. The summed E-state index contributed by atoms with van der Waals surface area (Å²) >= 11 is 0. The molecule has 2 aromatic carbocycles. The summed E-state index contributed by atoms with van der Waals surface area (Å²) in [6, 6.07) is 14.4. The normalized spacial score (nSPS) is 11.1. The number of para-hydroxylation sites is 1. The standard InChI is InChI=1S/C22H20N6O3/c1-2-31-22(30)16-7-9-18(10-8-16)26-21(29)13-27-12-17(11-25-28-14-23-24-15-28)19-5-3-4-6-20(19)27/h3-12,14-15H,2,13H2,1H3,(H,26,29)/b25-11+. The molecule has 0 radical (unpaired) electrons. The molecule has 0 saturated heterocycles. The van der Waals surface area contributed by atoms with Crippen LogP contribution in [-0.4, -0.2) is 44.1 Å². The van der Waals surface area contributed by atoms with Gasteiger partial charge < -0.3 is 14.6 Å². The number of ether oxygens (including phenoxy) is 1. The molecule has 156 valence electrons. The molecular formula is C22H20N6O3. The minimum absolute atomic E-state index is 0.126. The van der Waals surface area contributed by atoms with Crippen molar-refractivity contribution < 1.29 is 14.3 Å². The van der Waals surface area contributed by atoms with E-state index in [1.165, 1.54) is 17.3 Å². The van der Waals surface area contributed by atoms with Gasteiger partial charge in [0, 0.05) is 28.4 Å². The molecular weight excluding hydrogens is 396 g/mol. The predicted molar refractivity (Wildman–Crippen MR) is 116 cm³/mol. The zero-order chi connectivity index (χ0) is 21.6. The summed E-state index contributed by atoms with van der Waals surface area (Å²) in [5, 5.41) is 15.6. The third-order valence-corrected chi connectivity index (χ3v) is 4.55. The van der Waals surface area contributed by atoms with Gasteiger partial charge in [0.15, 0.2) is 0 Å². The molecule has 0 atom stereocenters. The molecule has 0 bridgehead atoms. The van der Waals surface area contributed by atoms with E-state index in [1.54, 1.807) is 37.4 Å². The summed E-state index contributed by atoms with van der Waals surface area (Å²) < 4.78 is 8.33. The number of esters is 1. The van der Waals surface area contributed by atoms with Gasteiger partial charge in [-0.05, 0) is 37.3 Å². The number of carbonyl (C=O) groups excluding carboxylic acids is 2. The second kappa shape index (κ2) is 9.04. The molecule has 0 unspecified atom stereocenters. The molecule has 2 heterocycles. The number of nitrogens with one attached hydrogen (secondary N) is 1. The number of fused-ring (bicyclic) bond motifs is 1. The fraction of sp³-hybridized carbons (Fsp3) is 0.136. The molecule has 0 aliphatic rings. The van der Waals surface area contributed by atoms with E-state index < -0.39 is 0 Å². The molecule has 4 rings (SSSR count). The number of benzene rings is 2. The summed E-state index contributed by atoms with van der Waals surface area (Å²) in [6.07, 6.45) is 6.57. The Morgan fingerprint density at radius 1 is 1.10 bits per heavy atom. The molecule has 1 N–H and O–H groups in total. The Bertz CT molecular complexity index is 1230. The van der Waals surface area contributed by atoms with Crippen LogP contribution in [0, 0.1) is 0 Å². The van der Waals surface area contributed by atoms with Crippen LogP contribution in [0.1, 0.15) is 22.8 Å². The van der Waals surface area contributed by atoms with Crippen LogP contribution in [0.4, 0.5) is 5.69 Å². The highest BCUT2D eigenvalue weighted by Gasteiger charge is 2.11. The second-order valence-electron chi connectivity index (χ2n) is 6.66. The van der Waals surface area contributed by atoms with Crippen molar-refractivity contribution in [3.8, 4) is 0 Å². The Morgan fingerprint density at radius 2 is 1.84 bits per heavy atom. The van der Waals surface area contributed by atoms with Crippen LogP contribution in [0.15, 0.2) is 72.5 Å². The van der Waals surface area contributed by atoms with Crippen LogP contribution in [-0.2, 0) is 16.1 Å². The molecule has 0 fully saturated rings. The number of hydrogen-bond donors (Lipinski definition) is 1. The average molecular weight is 416 g/mol. The van der Waals surface area contributed by atoms with Gasteiger partial charge >= 0.3 is 5.97 Å². The third kappa shape index (κ3) is 4.67.